The van der Waals surface area contributed by atoms with Gasteiger partial charge in [0.2, 0.25) is 5.13 Å². The van der Waals surface area contributed by atoms with E-state index in [0.29, 0.717) is 9.05 Å². The van der Waals surface area contributed by atoms with Crippen LogP contribution in [0.15, 0.2) is 3.92 Å². The van der Waals surface area contributed by atoms with Gasteiger partial charge in [0, 0.05) is 12.3 Å². The van der Waals surface area contributed by atoms with E-state index < -0.39 is 9.84 Å². The maximum atomic E-state index is 11.0. The van der Waals surface area contributed by atoms with Crippen molar-refractivity contribution in [3.05, 3.63) is 3.92 Å². The molecule has 5 nitrogen and oxygen atoms in total. The third-order valence-electron chi connectivity index (χ3n) is 1.32. The molecule has 0 aliphatic rings. The predicted molar refractivity (Wildman–Crippen MR) is 60.4 cm³/mol. The molecule has 0 radical (unpaired) electrons. The first kappa shape index (κ1) is 11.9. The van der Waals surface area contributed by atoms with Crippen molar-refractivity contribution in [2.24, 2.45) is 0 Å². The standard InChI is InChI=1S/C6H10BrN3O2S2/c1-4(3-14(2,11)12)8-6-10-9-5(7)13-6/h4H,3H2,1-2H3,(H,8,10). The molecule has 1 unspecified atom stereocenters. The molecule has 1 N–H and O–H groups in total. The number of halogens is 1. The number of sulfone groups is 1. The Morgan fingerprint density at radius 2 is 2.21 bits per heavy atom. The molecule has 0 fully saturated rings. The molecule has 1 aromatic heterocycles. The zero-order valence-corrected chi connectivity index (χ0v) is 10.9. The van der Waals surface area contributed by atoms with Gasteiger partial charge in [0.05, 0.1) is 5.75 Å². The van der Waals surface area contributed by atoms with Crippen LogP contribution in [0.3, 0.4) is 0 Å². The summed E-state index contributed by atoms with van der Waals surface area (Å²) in [7, 11) is -2.95. The summed E-state index contributed by atoms with van der Waals surface area (Å²) in [6.45, 7) is 1.79. The molecule has 14 heavy (non-hydrogen) atoms. The Kier molecular flexibility index (Phi) is 3.85. The van der Waals surface area contributed by atoms with E-state index in [4.69, 9.17) is 0 Å². The Balaban J connectivity index is 2.53. The van der Waals surface area contributed by atoms with E-state index in [-0.39, 0.29) is 11.8 Å². The number of anilines is 1. The highest BCUT2D eigenvalue weighted by atomic mass is 79.9. The molecular weight excluding hydrogens is 290 g/mol. The number of hydrogen-bond donors (Lipinski definition) is 1. The van der Waals surface area contributed by atoms with Gasteiger partial charge in [0.1, 0.15) is 9.84 Å². The van der Waals surface area contributed by atoms with Crippen LogP contribution in [0.1, 0.15) is 6.92 Å². The molecule has 0 spiro atoms. The molecule has 1 aromatic rings. The SMILES string of the molecule is CC(CS(C)(=O)=O)Nc1nnc(Br)s1. The molecule has 0 bridgehead atoms. The summed E-state index contributed by atoms with van der Waals surface area (Å²) >= 11 is 4.50. The normalized spacial score (nSPS) is 13.9. The molecule has 8 heteroatoms. The summed E-state index contributed by atoms with van der Waals surface area (Å²) in [6.07, 6.45) is 1.21. The first-order chi connectivity index (χ1) is 6.37. The molecule has 0 aliphatic heterocycles. The minimum atomic E-state index is -2.95. The van der Waals surface area contributed by atoms with E-state index in [9.17, 15) is 8.42 Å². The van der Waals surface area contributed by atoms with Crippen LogP contribution in [0.5, 0.6) is 0 Å². The number of hydrogen-bond acceptors (Lipinski definition) is 6. The minimum Gasteiger partial charge on any atom is -0.357 e. The Morgan fingerprint density at radius 3 is 2.64 bits per heavy atom. The summed E-state index contributed by atoms with van der Waals surface area (Å²) in [5.41, 5.74) is 0. The van der Waals surface area contributed by atoms with Gasteiger partial charge in [-0.05, 0) is 22.9 Å². The second-order valence-electron chi connectivity index (χ2n) is 3.00. The topological polar surface area (TPSA) is 72.0 Å². The van der Waals surface area contributed by atoms with Gasteiger partial charge in [-0.25, -0.2) is 8.42 Å². The van der Waals surface area contributed by atoms with Crippen molar-refractivity contribution in [1.82, 2.24) is 10.2 Å². The third-order valence-corrected chi connectivity index (χ3v) is 3.72. The lowest BCUT2D eigenvalue weighted by Gasteiger charge is -2.10. The predicted octanol–water partition coefficient (Wildman–Crippen LogP) is 1.15. The molecule has 1 atom stereocenters. The average Bonchev–Trinajstić information content (AvgIpc) is 2.30. The summed E-state index contributed by atoms with van der Waals surface area (Å²) in [5.74, 6) is 0.0875. The molecule has 80 valence electrons. The molecule has 0 saturated carbocycles. The Hall–Kier alpha value is -0.210. The molecule has 0 saturated heterocycles. The van der Waals surface area contributed by atoms with Crippen LogP contribution >= 0.6 is 27.3 Å². The lowest BCUT2D eigenvalue weighted by atomic mass is 10.4. The summed E-state index contributed by atoms with van der Waals surface area (Å²) in [6, 6.07) is -0.162. The number of aromatic nitrogens is 2. The molecule has 0 aromatic carbocycles. The van der Waals surface area contributed by atoms with Crippen molar-refractivity contribution in [2.75, 3.05) is 17.3 Å². The fourth-order valence-corrected chi connectivity index (χ4v) is 3.08. The van der Waals surface area contributed by atoms with Crippen LogP contribution in [0.4, 0.5) is 5.13 Å². The fourth-order valence-electron chi connectivity index (χ4n) is 0.970. The van der Waals surface area contributed by atoms with E-state index in [2.05, 4.69) is 31.4 Å². The Morgan fingerprint density at radius 1 is 1.57 bits per heavy atom. The maximum absolute atomic E-state index is 11.0. The van der Waals surface area contributed by atoms with Gasteiger partial charge in [-0.2, -0.15) is 0 Å². The maximum Gasteiger partial charge on any atom is 0.206 e. The average molecular weight is 300 g/mol. The Bertz CT molecular complexity index is 403. The highest BCUT2D eigenvalue weighted by Crippen LogP contribution is 2.20. The molecular formula is C6H10BrN3O2S2. The van der Waals surface area contributed by atoms with Crippen molar-refractivity contribution in [3.8, 4) is 0 Å². The van der Waals surface area contributed by atoms with E-state index in [0.717, 1.165) is 0 Å². The summed E-state index contributed by atoms with van der Waals surface area (Å²) < 4.78 is 22.6. The highest BCUT2D eigenvalue weighted by Gasteiger charge is 2.11. The van der Waals surface area contributed by atoms with Gasteiger partial charge in [0.25, 0.3) is 0 Å². The van der Waals surface area contributed by atoms with Gasteiger partial charge in [-0.15, -0.1) is 10.2 Å². The van der Waals surface area contributed by atoms with Crippen LogP contribution in [0.25, 0.3) is 0 Å². The highest BCUT2D eigenvalue weighted by molar-refractivity contribution is 9.11. The lowest BCUT2D eigenvalue weighted by Crippen LogP contribution is -2.24. The molecule has 0 amide bonds. The smallest absolute Gasteiger partial charge is 0.206 e. The van der Waals surface area contributed by atoms with Gasteiger partial charge in [-0.3, -0.25) is 0 Å². The first-order valence-corrected chi connectivity index (χ1v) is 7.47. The molecule has 1 heterocycles. The van der Waals surface area contributed by atoms with E-state index in [1.807, 2.05) is 0 Å². The van der Waals surface area contributed by atoms with E-state index in [1.54, 1.807) is 6.92 Å². The summed E-state index contributed by atoms with van der Waals surface area (Å²) in [4.78, 5) is 0. The van der Waals surface area contributed by atoms with Gasteiger partial charge in [-0.1, -0.05) is 11.3 Å². The van der Waals surface area contributed by atoms with Crippen LogP contribution < -0.4 is 5.32 Å². The lowest BCUT2D eigenvalue weighted by molar-refractivity contribution is 0.598. The largest absolute Gasteiger partial charge is 0.357 e. The van der Waals surface area contributed by atoms with E-state index >= 15 is 0 Å². The van der Waals surface area contributed by atoms with Crippen molar-refractivity contribution in [1.29, 1.82) is 0 Å². The fraction of sp³-hybridized carbons (Fsp3) is 0.667. The monoisotopic (exact) mass is 299 g/mol. The zero-order valence-electron chi connectivity index (χ0n) is 7.69. The molecule has 1 rings (SSSR count). The number of nitrogens with zero attached hydrogens (tertiary/aromatic N) is 2. The Labute approximate surface area is 95.0 Å². The van der Waals surface area contributed by atoms with Gasteiger partial charge in [0.15, 0.2) is 3.92 Å². The second-order valence-corrected chi connectivity index (χ2v) is 7.44. The minimum absolute atomic E-state index is 0.0875. The number of rotatable bonds is 4. The zero-order chi connectivity index (χ0) is 10.8. The van der Waals surface area contributed by atoms with Crippen molar-refractivity contribution >= 4 is 42.2 Å². The quantitative estimate of drug-likeness (QED) is 0.903. The number of nitrogens with one attached hydrogen (secondary N) is 1. The van der Waals surface area contributed by atoms with Crippen LogP contribution in [0.2, 0.25) is 0 Å². The van der Waals surface area contributed by atoms with Crippen molar-refractivity contribution in [2.45, 2.75) is 13.0 Å². The van der Waals surface area contributed by atoms with Gasteiger partial charge >= 0.3 is 0 Å². The first-order valence-electron chi connectivity index (χ1n) is 3.80. The van der Waals surface area contributed by atoms with Crippen LogP contribution in [-0.2, 0) is 9.84 Å². The molecule has 0 aliphatic carbocycles. The second kappa shape index (κ2) is 4.54. The van der Waals surface area contributed by atoms with Gasteiger partial charge < -0.3 is 5.32 Å². The summed E-state index contributed by atoms with van der Waals surface area (Å²) in [5, 5.41) is 11.1. The van der Waals surface area contributed by atoms with Crippen molar-refractivity contribution in [3.63, 3.8) is 0 Å². The third kappa shape index (κ3) is 4.34. The van der Waals surface area contributed by atoms with Crippen LogP contribution in [-0.4, -0.2) is 36.7 Å². The van der Waals surface area contributed by atoms with Crippen LogP contribution in [0, 0.1) is 0 Å². The van der Waals surface area contributed by atoms with Crippen molar-refractivity contribution < 1.29 is 8.42 Å². The van der Waals surface area contributed by atoms with E-state index in [1.165, 1.54) is 17.6 Å².